The number of hydrogen-bond donors (Lipinski definition) is 2. The Bertz CT molecular complexity index is 958. The number of nitrogens with one attached hydrogen (secondary N) is 1. The standard InChI is InChI=1S/C19H16ClN3O4S/c1-22(14-6-8-16(24)9-7-14)19-21-18(25)17(28-19)11-13(20)10-12-2-4-15(5-3-12)23(26)27/h2-11,19,24H,1H3,(H,21,25)/b13-10-,17-11-. The van der Waals surface area contributed by atoms with Crippen molar-refractivity contribution >= 4 is 46.7 Å². The van der Waals surface area contributed by atoms with E-state index in [9.17, 15) is 20.0 Å². The molecule has 1 aliphatic rings. The number of halogens is 1. The van der Waals surface area contributed by atoms with E-state index < -0.39 is 4.92 Å². The van der Waals surface area contributed by atoms with Crippen molar-refractivity contribution in [1.29, 1.82) is 0 Å². The van der Waals surface area contributed by atoms with Gasteiger partial charge >= 0.3 is 0 Å². The lowest BCUT2D eigenvalue weighted by Crippen LogP contribution is -2.39. The van der Waals surface area contributed by atoms with Crippen LogP contribution in [0.4, 0.5) is 11.4 Å². The van der Waals surface area contributed by atoms with Gasteiger partial charge in [-0.15, -0.1) is 0 Å². The number of phenolic OH excluding ortho intramolecular Hbond substituents is 1. The number of nitro groups is 1. The van der Waals surface area contributed by atoms with Gasteiger partial charge in [0.15, 0.2) is 5.50 Å². The van der Waals surface area contributed by atoms with E-state index in [1.165, 1.54) is 23.9 Å². The molecule has 0 bridgehead atoms. The maximum absolute atomic E-state index is 12.3. The second-order valence-corrected chi connectivity index (χ2v) is 7.52. The number of nitro benzene ring substituents is 1. The Morgan fingerprint density at radius 1 is 1.25 bits per heavy atom. The van der Waals surface area contributed by atoms with Crippen molar-refractivity contribution in [3.8, 4) is 5.75 Å². The number of non-ortho nitro benzene ring substituents is 1. The first-order valence-electron chi connectivity index (χ1n) is 8.16. The van der Waals surface area contributed by atoms with Crippen molar-refractivity contribution in [3.63, 3.8) is 0 Å². The SMILES string of the molecule is CN(c1ccc(O)cc1)C1NC(=O)/C(=C/C(Cl)=C/c2ccc([N+](=O)[O-])cc2)S1. The van der Waals surface area contributed by atoms with Gasteiger partial charge in [0.2, 0.25) is 0 Å². The summed E-state index contributed by atoms with van der Waals surface area (Å²) in [5, 5.41) is 23.3. The Labute approximate surface area is 170 Å². The Hall–Kier alpha value is -2.97. The molecule has 0 saturated carbocycles. The number of hydrogen-bond acceptors (Lipinski definition) is 6. The average Bonchev–Trinajstić information content (AvgIpc) is 3.02. The maximum atomic E-state index is 12.3. The summed E-state index contributed by atoms with van der Waals surface area (Å²) in [6, 6.07) is 12.6. The van der Waals surface area contributed by atoms with E-state index in [-0.39, 0.29) is 22.8 Å². The van der Waals surface area contributed by atoms with Crippen LogP contribution in [0.2, 0.25) is 0 Å². The molecule has 1 amide bonds. The number of amides is 1. The molecule has 3 rings (SSSR count). The summed E-state index contributed by atoms with van der Waals surface area (Å²) in [6.45, 7) is 0. The zero-order valence-electron chi connectivity index (χ0n) is 14.7. The first-order valence-corrected chi connectivity index (χ1v) is 9.42. The van der Waals surface area contributed by atoms with Crippen molar-refractivity contribution in [1.82, 2.24) is 5.32 Å². The maximum Gasteiger partial charge on any atom is 0.269 e. The first-order chi connectivity index (χ1) is 13.3. The molecule has 7 nitrogen and oxygen atoms in total. The summed E-state index contributed by atoms with van der Waals surface area (Å²) >= 11 is 7.56. The molecule has 1 unspecified atom stereocenters. The molecule has 2 N–H and O–H groups in total. The van der Waals surface area contributed by atoms with Crippen LogP contribution in [0.15, 0.2) is 64.5 Å². The highest BCUT2D eigenvalue weighted by Crippen LogP contribution is 2.33. The normalized spacial score (nSPS) is 18.2. The second kappa shape index (κ2) is 8.37. The molecule has 0 aliphatic carbocycles. The van der Waals surface area contributed by atoms with Crippen LogP contribution in [0, 0.1) is 10.1 Å². The predicted octanol–water partition coefficient (Wildman–Crippen LogP) is 4.05. The summed E-state index contributed by atoms with van der Waals surface area (Å²) in [5.74, 6) is -0.0695. The molecule has 2 aromatic carbocycles. The number of allylic oxidation sites excluding steroid dienone is 2. The Balaban J connectivity index is 1.72. The second-order valence-electron chi connectivity index (χ2n) is 5.96. The van der Waals surface area contributed by atoms with Crippen LogP contribution in [-0.4, -0.2) is 28.5 Å². The van der Waals surface area contributed by atoms with E-state index in [2.05, 4.69) is 5.32 Å². The van der Waals surface area contributed by atoms with E-state index in [1.807, 2.05) is 11.9 Å². The van der Waals surface area contributed by atoms with Gasteiger partial charge in [-0.25, -0.2) is 0 Å². The third-order valence-electron chi connectivity index (χ3n) is 4.00. The van der Waals surface area contributed by atoms with Gasteiger partial charge in [0.1, 0.15) is 5.75 Å². The largest absolute Gasteiger partial charge is 0.508 e. The molecule has 1 fully saturated rings. The number of thioether (sulfide) groups is 1. The van der Waals surface area contributed by atoms with E-state index in [4.69, 9.17) is 11.6 Å². The number of rotatable bonds is 5. The van der Waals surface area contributed by atoms with E-state index >= 15 is 0 Å². The number of anilines is 1. The molecule has 144 valence electrons. The zero-order chi connectivity index (χ0) is 20.3. The minimum atomic E-state index is -0.471. The van der Waals surface area contributed by atoms with Crippen molar-refractivity contribution in [2.75, 3.05) is 11.9 Å². The number of benzene rings is 2. The van der Waals surface area contributed by atoms with Gasteiger partial charge in [-0.1, -0.05) is 23.4 Å². The third kappa shape index (κ3) is 4.65. The number of nitrogens with zero attached hydrogens (tertiary/aromatic N) is 2. The van der Waals surface area contributed by atoms with Crippen molar-refractivity contribution in [2.24, 2.45) is 0 Å². The van der Waals surface area contributed by atoms with E-state index in [1.54, 1.807) is 48.6 Å². The van der Waals surface area contributed by atoms with Gasteiger partial charge in [-0.3, -0.25) is 14.9 Å². The monoisotopic (exact) mass is 417 g/mol. The highest BCUT2D eigenvalue weighted by atomic mass is 35.5. The highest BCUT2D eigenvalue weighted by molar-refractivity contribution is 8.05. The highest BCUT2D eigenvalue weighted by Gasteiger charge is 2.30. The van der Waals surface area contributed by atoms with Gasteiger partial charge in [0.25, 0.3) is 11.6 Å². The molecular weight excluding hydrogens is 402 g/mol. The average molecular weight is 418 g/mol. The minimum absolute atomic E-state index is 0.00235. The van der Waals surface area contributed by atoms with Gasteiger partial charge in [-0.2, -0.15) is 0 Å². The summed E-state index contributed by atoms with van der Waals surface area (Å²) in [5.41, 5.74) is 1.21. The Morgan fingerprint density at radius 3 is 2.50 bits per heavy atom. The summed E-state index contributed by atoms with van der Waals surface area (Å²) in [7, 11) is 1.83. The third-order valence-corrected chi connectivity index (χ3v) is 5.44. The van der Waals surface area contributed by atoms with Crippen LogP contribution >= 0.6 is 23.4 Å². The molecule has 0 aromatic heterocycles. The summed E-state index contributed by atoms with van der Waals surface area (Å²) < 4.78 is 0. The molecule has 28 heavy (non-hydrogen) atoms. The lowest BCUT2D eigenvalue weighted by atomic mass is 10.2. The Morgan fingerprint density at radius 2 is 1.89 bits per heavy atom. The molecule has 1 atom stereocenters. The molecule has 0 spiro atoms. The fourth-order valence-corrected chi connectivity index (χ4v) is 3.85. The van der Waals surface area contributed by atoms with Gasteiger partial charge in [0, 0.05) is 29.9 Å². The molecule has 1 aliphatic heterocycles. The number of carbonyl (C=O) groups excluding carboxylic acids is 1. The molecule has 1 saturated heterocycles. The summed E-state index contributed by atoms with van der Waals surface area (Å²) in [4.78, 5) is 24.8. The first kappa shape index (κ1) is 19.8. The zero-order valence-corrected chi connectivity index (χ0v) is 16.3. The fourth-order valence-electron chi connectivity index (χ4n) is 2.50. The lowest BCUT2D eigenvalue weighted by Gasteiger charge is -2.25. The molecule has 1 heterocycles. The van der Waals surface area contributed by atoms with Crippen molar-refractivity contribution < 1.29 is 14.8 Å². The van der Waals surface area contributed by atoms with E-state index in [0.29, 0.717) is 15.5 Å². The molecule has 0 radical (unpaired) electrons. The van der Waals surface area contributed by atoms with Crippen LogP contribution < -0.4 is 10.2 Å². The van der Waals surface area contributed by atoms with Gasteiger partial charge in [-0.05, 0) is 54.1 Å². The summed E-state index contributed by atoms with van der Waals surface area (Å²) in [6.07, 6.45) is 3.19. The smallest absolute Gasteiger partial charge is 0.269 e. The lowest BCUT2D eigenvalue weighted by molar-refractivity contribution is -0.384. The van der Waals surface area contributed by atoms with Crippen LogP contribution in [0.25, 0.3) is 6.08 Å². The van der Waals surface area contributed by atoms with Crippen LogP contribution in [0.5, 0.6) is 5.75 Å². The van der Waals surface area contributed by atoms with Gasteiger partial charge < -0.3 is 15.3 Å². The fraction of sp³-hybridized carbons (Fsp3) is 0.105. The number of phenols is 1. The van der Waals surface area contributed by atoms with Crippen molar-refractivity contribution in [3.05, 3.63) is 80.2 Å². The Kier molecular flexibility index (Phi) is 5.91. The quantitative estimate of drug-likeness (QED) is 0.433. The van der Waals surface area contributed by atoms with Crippen LogP contribution in [0.3, 0.4) is 0 Å². The number of aromatic hydroxyl groups is 1. The molecule has 9 heteroatoms. The van der Waals surface area contributed by atoms with E-state index in [0.717, 1.165) is 5.69 Å². The van der Waals surface area contributed by atoms with Crippen LogP contribution in [-0.2, 0) is 4.79 Å². The predicted molar refractivity (Wildman–Crippen MR) is 111 cm³/mol. The number of carbonyl (C=O) groups is 1. The van der Waals surface area contributed by atoms with Gasteiger partial charge in [0.05, 0.1) is 9.83 Å². The van der Waals surface area contributed by atoms with Crippen molar-refractivity contribution in [2.45, 2.75) is 5.50 Å². The van der Waals surface area contributed by atoms with Crippen LogP contribution in [0.1, 0.15) is 5.56 Å². The minimum Gasteiger partial charge on any atom is -0.508 e. The molecule has 2 aromatic rings. The topological polar surface area (TPSA) is 95.7 Å². The molecular formula is C19H16ClN3O4S.